The van der Waals surface area contributed by atoms with Crippen molar-refractivity contribution in [1.29, 1.82) is 0 Å². The van der Waals surface area contributed by atoms with E-state index in [1.165, 1.54) is 11.3 Å². The Morgan fingerprint density at radius 3 is 3.00 bits per heavy atom. The molecule has 0 fully saturated rings. The van der Waals surface area contributed by atoms with E-state index in [0.29, 0.717) is 11.6 Å². The summed E-state index contributed by atoms with van der Waals surface area (Å²) in [4.78, 5) is 15.5. The zero-order valence-corrected chi connectivity index (χ0v) is 11.4. The lowest BCUT2D eigenvalue weighted by molar-refractivity contribution is -0.114. The third-order valence-electron chi connectivity index (χ3n) is 2.55. The van der Waals surface area contributed by atoms with Crippen LogP contribution in [-0.2, 0) is 11.2 Å². The van der Waals surface area contributed by atoms with E-state index in [4.69, 9.17) is 10.5 Å². The summed E-state index contributed by atoms with van der Waals surface area (Å²) in [5, 5.41) is 5.12. The lowest BCUT2D eigenvalue weighted by Crippen LogP contribution is -2.21. The number of methoxy groups -OCH3 is 1. The first kappa shape index (κ1) is 13.5. The number of para-hydroxylation sites is 1. The van der Waals surface area contributed by atoms with Crippen LogP contribution < -0.4 is 15.8 Å². The molecule has 3 N–H and O–H groups in total. The second-order valence-corrected chi connectivity index (χ2v) is 4.74. The molecule has 2 rings (SSSR count). The molecule has 5 nitrogen and oxygen atoms in total. The van der Waals surface area contributed by atoms with Gasteiger partial charge < -0.3 is 15.8 Å². The highest BCUT2D eigenvalue weighted by Gasteiger charge is 2.08. The molecule has 0 bridgehead atoms. The van der Waals surface area contributed by atoms with Crippen molar-refractivity contribution in [2.75, 3.05) is 19.0 Å². The summed E-state index contributed by atoms with van der Waals surface area (Å²) in [6.07, 6.45) is 0.666. The maximum atomic E-state index is 11.2. The molecule has 1 aromatic carbocycles. The molecule has 0 saturated heterocycles. The summed E-state index contributed by atoms with van der Waals surface area (Å²) in [5.74, 6) is 0.598. The summed E-state index contributed by atoms with van der Waals surface area (Å²) >= 11 is 1.39. The molecule has 0 aliphatic rings. The van der Waals surface area contributed by atoms with Gasteiger partial charge in [-0.25, -0.2) is 4.98 Å². The second kappa shape index (κ2) is 6.31. The number of nitrogens with one attached hydrogen (secondary N) is 1. The minimum Gasteiger partial charge on any atom is -0.496 e. The largest absolute Gasteiger partial charge is 0.496 e. The first-order valence-corrected chi connectivity index (χ1v) is 6.67. The van der Waals surface area contributed by atoms with Gasteiger partial charge in [0.05, 0.1) is 19.3 Å². The van der Waals surface area contributed by atoms with Crippen LogP contribution in [0.3, 0.4) is 0 Å². The Morgan fingerprint density at radius 1 is 1.47 bits per heavy atom. The van der Waals surface area contributed by atoms with Gasteiger partial charge in [0, 0.05) is 17.4 Å². The predicted octanol–water partition coefficient (Wildman–Crippen LogP) is 1.64. The van der Waals surface area contributed by atoms with Crippen molar-refractivity contribution in [3.05, 3.63) is 40.9 Å². The number of aromatic nitrogens is 1. The molecule has 0 radical (unpaired) electrons. The van der Waals surface area contributed by atoms with Crippen LogP contribution in [0, 0.1) is 0 Å². The third kappa shape index (κ3) is 3.52. The van der Waals surface area contributed by atoms with Gasteiger partial charge in [-0.2, -0.15) is 0 Å². The predicted molar refractivity (Wildman–Crippen MR) is 75.6 cm³/mol. The summed E-state index contributed by atoms with van der Waals surface area (Å²) in [5.41, 5.74) is 7.19. The fraction of sp³-hybridized carbons (Fsp3) is 0.231. The standard InChI is InChI=1S/C13H15N3O2S/c1-18-11-5-3-2-4-9(11)6-10-8-19-13(15-10)16-12(17)7-14/h2-5,8H,6-7,14H2,1H3,(H,15,16,17). The average molecular weight is 277 g/mol. The molecule has 0 aliphatic heterocycles. The highest BCUT2D eigenvalue weighted by atomic mass is 32.1. The number of hydrogen-bond acceptors (Lipinski definition) is 5. The van der Waals surface area contributed by atoms with E-state index in [1.54, 1.807) is 7.11 Å². The molecule has 0 unspecified atom stereocenters. The number of ether oxygens (including phenoxy) is 1. The quantitative estimate of drug-likeness (QED) is 0.871. The SMILES string of the molecule is COc1ccccc1Cc1csc(NC(=O)CN)n1. The number of benzene rings is 1. The Bertz CT molecular complexity index is 569. The fourth-order valence-corrected chi connectivity index (χ4v) is 2.39. The fourth-order valence-electron chi connectivity index (χ4n) is 1.66. The van der Waals surface area contributed by atoms with Gasteiger partial charge in [0.15, 0.2) is 5.13 Å². The summed E-state index contributed by atoms with van der Waals surface area (Å²) in [7, 11) is 1.65. The topological polar surface area (TPSA) is 77.2 Å². The molecule has 0 spiro atoms. The molecule has 0 saturated carbocycles. The van der Waals surface area contributed by atoms with Gasteiger partial charge in [0.2, 0.25) is 5.91 Å². The number of nitrogens with zero attached hydrogens (tertiary/aromatic N) is 1. The van der Waals surface area contributed by atoms with Gasteiger partial charge in [-0.05, 0) is 6.07 Å². The summed E-state index contributed by atoms with van der Waals surface area (Å²) < 4.78 is 5.30. The van der Waals surface area contributed by atoms with E-state index in [9.17, 15) is 4.79 Å². The van der Waals surface area contributed by atoms with Crippen molar-refractivity contribution in [1.82, 2.24) is 4.98 Å². The monoisotopic (exact) mass is 277 g/mol. The zero-order valence-electron chi connectivity index (χ0n) is 10.6. The number of anilines is 1. The Hall–Kier alpha value is -1.92. The third-order valence-corrected chi connectivity index (χ3v) is 3.35. The van der Waals surface area contributed by atoms with E-state index in [2.05, 4.69) is 10.3 Å². The molecule has 0 atom stereocenters. The van der Waals surface area contributed by atoms with E-state index in [0.717, 1.165) is 17.0 Å². The van der Waals surface area contributed by atoms with E-state index in [-0.39, 0.29) is 12.5 Å². The molecule has 2 aromatic rings. The normalized spacial score (nSPS) is 10.2. The van der Waals surface area contributed by atoms with E-state index < -0.39 is 0 Å². The van der Waals surface area contributed by atoms with Crippen LogP contribution in [-0.4, -0.2) is 24.5 Å². The van der Waals surface area contributed by atoms with Crippen LogP contribution in [0.1, 0.15) is 11.3 Å². The number of hydrogen-bond donors (Lipinski definition) is 2. The number of carbonyl (C=O) groups is 1. The van der Waals surface area contributed by atoms with Crippen molar-refractivity contribution in [2.24, 2.45) is 5.73 Å². The molecule has 1 heterocycles. The Balaban J connectivity index is 2.09. The lowest BCUT2D eigenvalue weighted by Gasteiger charge is -2.06. The number of carbonyl (C=O) groups excluding carboxylic acids is 1. The number of thiazole rings is 1. The van der Waals surface area contributed by atoms with Crippen molar-refractivity contribution < 1.29 is 9.53 Å². The van der Waals surface area contributed by atoms with Crippen LogP contribution in [0.2, 0.25) is 0 Å². The van der Waals surface area contributed by atoms with Crippen LogP contribution in [0.5, 0.6) is 5.75 Å². The zero-order chi connectivity index (χ0) is 13.7. The minimum absolute atomic E-state index is 0.0403. The summed E-state index contributed by atoms with van der Waals surface area (Å²) in [6, 6.07) is 7.80. The van der Waals surface area contributed by atoms with Gasteiger partial charge in [-0.3, -0.25) is 4.79 Å². The maximum absolute atomic E-state index is 11.2. The molecule has 1 aromatic heterocycles. The molecular formula is C13H15N3O2S. The first-order chi connectivity index (χ1) is 9.22. The van der Waals surface area contributed by atoms with Crippen LogP contribution >= 0.6 is 11.3 Å². The average Bonchev–Trinajstić information content (AvgIpc) is 2.86. The Labute approximate surface area is 115 Å². The molecule has 100 valence electrons. The van der Waals surface area contributed by atoms with Crippen molar-refractivity contribution in [3.8, 4) is 5.75 Å². The Kier molecular flexibility index (Phi) is 4.48. The van der Waals surface area contributed by atoms with Gasteiger partial charge in [-0.1, -0.05) is 18.2 Å². The lowest BCUT2D eigenvalue weighted by atomic mass is 10.1. The second-order valence-electron chi connectivity index (χ2n) is 3.88. The van der Waals surface area contributed by atoms with Gasteiger partial charge in [-0.15, -0.1) is 11.3 Å². The number of rotatable bonds is 5. The molecule has 0 aliphatic carbocycles. The highest BCUT2D eigenvalue weighted by molar-refractivity contribution is 7.13. The van der Waals surface area contributed by atoms with Gasteiger partial charge in [0.1, 0.15) is 5.75 Å². The minimum atomic E-state index is -0.238. The van der Waals surface area contributed by atoms with Crippen LogP contribution in [0.25, 0.3) is 0 Å². The van der Waals surface area contributed by atoms with Crippen molar-refractivity contribution in [3.63, 3.8) is 0 Å². The van der Waals surface area contributed by atoms with Crippen molar-refractivity contribution >= 4 is 22.4 Å². The molecule has 19 heavy (non-hydrogen) atoms. The molecular weight excluding hydrogens is 262 g/mol. The van der Waals surface area contributed by atoms with E-state index in [1.807, 2.05) is 29.6 Å². The maximum Gasteiger partial charge on any atom is 0.239 e. The van der Waals surface area contributed by atoms with Gasteiger partial charge >= 0.3 is 0 Å². The Morgan fingerprint density at radius 2 is 2.26 bits per heavy atom. The summed E-state index contributed by atoms with van der Waals surface area (Å²) in [6.45, 7) is -0.0403. The first-order valence-electron chi connectivity index (χ1n) is 5.79. The number of amides is 1. The smallest absolute Gasteiger partial charge is 0.239 e. The van der Waals surface area contributed by atoms with Crippen molar-refractivity contribution in [2.45, 2.75) is 6.42 Å². The molecule has 6 heteroatoms. The van der Waals surface area contributed by atoms with E-state index >= 15 is 0 Å². The molecule has 1 amide bonds. The van der Waals surface area contributed by atoms with Crippen LogP contribution in [0.4, 0.5) is 5.13 Å². The highest BCUT2D eigenvalue weighted by Crippen LogP contribution is 2.23. The van der Waals surface area contributed by atoms with Gasteiger partial charge in [0.25, 0.3) is 0 Å². The van der Waals surface area contributed by atoms with Crippen LogP contribution in [0.15, 0.2) is 29.6 Å². The number of nitrogens with two attached hydrogens (primary N) is 1.